The molecular formula is C61H116. The summed E-state index contributed by atoms with van der Waals surface area (Å²) in [7, 11) is 0. The van der Waals surface area contributed by atoms with E-state index < -0.39 is 0 Å². The molecule has 0 N–H and O–H groups in total. The van der Waals surface area contributed by atoms with Gasteiger partial charge in [-0.25, -0.2) is 0 Å². The van der Waals surface area contributed by atoms with Crippen LogP contribution in [-0.2, 0) is 0 Å². The Hall–Kier alpha value is 0. The fourth-order valence-corrected chi connectivity index (χ4v) is 18.9. The van der Waals surface area contributed by atoms with Crippen molar-refractivity contribution in [3.8, 4) is 0 Å². The Morgan fingerprint density at radius 2 is 0.705 bits per heavy atom. The zero-order valence-corrected chi connectivity index (χ0v) is 46.3. The highest BCUT2D eigenvalue weighted by atomic mass is 14.6. The van der Waals surface area contributed by atoms with Gasteiger partial charge in [0.05, 0.1) is 0 Å². The monoisotopic (exact) mass is 849 g/mol. The van der Waals surface area contributed by atoms with E-state index in [1.807, 2.05) is 0 Å². The van der Waals surface area contributed by atoms with Crippen LogP contribution in [0.3, 0.4) is 0 Å². The normalized spacial score (nSPS) is 48.2. The zero-order chi connectivity index (χ0) is 46.3. The maximum absolute atomic E-state index is 2.84. The molecule has 4 fully saturated rings. The Balaban J connectivity index is 1.79. The SMILES string of the molecule is CCC(C)C1C(C)C(C(CC(C)C2C(C)C(C)C(C)C(C)C2C)C(C)(CC)CC)CC(C)C1C(CC(C)C1C(C)C(C)CC(C)C1C)CC(C)C1C(C)C(C)C(C)C(C)C1C. The van der Waals surface area contributed by atoms with E-state index >= 15 is 0 Å². The number of hydrogen-bond donors (Lipinski definition) is 0. The molecule has 4 aliphatic rings. The molecule has 0 amide bonds. The zero-order valence-electron chi connectivity index (χ0n) is 46.3. The predicted octanol–water partition coefficient (Wildman–Crippen LogP) is 18.9. The van der Waals surface area contributed by atoms with Gasteiger partial charge >= 0.3 is 0 Å². The van der Waals surface area contributed by atoms with Crippen molar-refractivity contribution in [2.24, 2.45) is 171 Å². The van der Waals surface area contributed by atoms with Crippen molar-refractivity contribution >= 4 is 0 Å². The lowest BCUT2D eigenvalue weighted by atomic mass is 9.48. The topological polar surface area (TPSA) is 0 Å². The van der Waals surface area contributed by atoms with Crippen LogP contribution >= 0.6 is 0 Å². The molecule has 23 atom stereocenters. The fraction of sp³-hybridized carbons (Fsp3) is 1.00. The average Bonchev–Trinajstić information content (AvgIpc) is 3.21. The van der Waals surface area contributed by atoms with Crippen molar-refractivity contribution < 1.29 is 0 Å². The van der Waals surface area contributed by atoms with Gasteiger partial charge in [0.15, 0.2) is 0 Å². The first-order valence-electron chi connectivity index (χ1n) is 28.3. The number of rotatable bonds is 16. The average molecular weight is 850 g/mol. The largest absolute Gasteiger partial charge is 0.0651 e. The third-order valence-electron chi connectivity index (χ3n) is 24.7. The lowest BCUT2D eigenvalue weighted by Gasteiger charge is -2.57. The highest BCUT2D eigenvalue weighted by Crippen LogP contribution is 2.60. The van der Waals surface area contributed by atoms with Crippen LogP contribution < -0.4 is 0 Å². The van der Waals surface area contributed by atoms with E-state index in [-0.39, 0.29) is 0 Å². The molecule has 0 radical (unpaired) electrons. The molecule has 23 unspecified atom stereocenters. The quantitative estimate of drug-likeness (QED) is 0.145. The Morgan fingerprint density at radius 1 is 0.361 bits per heavy atom. The van der Waals surface area contributed by atoms with Crippen LogP contribution in [0.4, 0.5) is 0 Å². The maximum Gasteiger partial charge on any atom is -0.0300 e. The minimum absolute atomic E-state index is 0.409. The van der Waals surface area contributed by atoms with Crippen molar-refractivity contribution in [2.45, 2.75) is 218 Å². The second kappa shape index (κ2) is 21.7. The number of hydrogen-bond acceptors (Lipinski definition) is 0. The third-order valence-corrected chi connectivity index (χ3v) is 24.7. The standard InChI is InChI=1S/C61H116/c1-25-33(4)59-52(23)54(55(61(24,26-2)27-3)32-39(10)58-50(21)46(17)43(14)47(18)51(58)22)31-38(9)60(59)53(29-36(7)56-40(11)34(5)28-35(6)41(56)12)30-37(8)57-48(19)44(15)42(13)45(16)49(57)20/h33-60H,25-32H2,1-24H3. The highest BCUT2D eigenvalue weighted by Gasteiger charge is 2.53. The minimum atomic E-state index is 0.409. The van der Waals surface area contributed by atoms with Crippen LogP contribution in [0.2, 0.25) is 0 Å². The summed E-state index contributed by atoms with van der Waals surface area (Å²) in [5.41, 5.74) is 0.409. The molecule has 360 valence electrons. The summed E-state index contributed by atoms with van der Waals surface area (Å²) in [4.78, 5) is 0. The summed E-state index contributed by atoms with van der Waals surface area (Å²) in [5.74, 6) is 23.1. The maximum atomic E-state index is 2.84. The van der Waals surface area contributed by atoms with E-state index in [1.165, 1.54) is 51.4 Å². The molecule has 0 spiro atoms. The van der Waals surface area contributed by atoms with Crippen LogP contribution in [0.5, 0.6) is 0 Å². The molecular weight excluding hydrogens is 733 g/mol. The van der Waals surface area contributed by atoms with Crippen molar-refractivity contribution in [1.29, 1.82) is 0 Å². The molecule has 4 saturated carbocycles. The molecule has 0 heterocycles. The summed E-state index contributed by atoms with van der Waals surface area (Å²) < 4.78 is 0. The first kappa shape index (κ1) is 53.6. The molecule has 0 heteroatoms. The van der Waals surface area contributed by atoms with E-state index in [2.05, 4.69) is 166 Å². The second-order valence-electron chi connectivity index (χ2n) is 26.9. The van der Waals surface area contributed by atoms with Crippen LogP contribution in [0.25, 0.3) is 0 Å². The van der Waals surface area contributed by atoms with Gasteiger partial charge < -0.3 is 0 Å². The van der Waals surface area contributed by atoms with Gasteiger partial charge in [-0.3, -0.25) is 0 Å². The molecule has 4 aliphatic carbocycles. The summed E-state index contributed by atoms with van der Waals surface area (Å²) in [6, 6.07) is 0. The van der Waals surface area contributed by atoms with E-state index in [0.29, 0.717) is 5.41 Å². The Morgan fingerprint density at radius 3 is 1.07 bits per heavy atom. The van der Waals surface area contributed by atoms with Crippen LogP contribution in [0.1, 0.15) is 218 Å². The van der Waals surface area contributed by atoms with Gasteiger partial charge in [-0.1, -0.05) is 185 Å². The molecule has 0 aliphatic heterocycles. The van der Waals surface area contributed by atoms with E-state index in [4.69, 9.17) is 0 Å². The molecule has 4 rings (SSSR count). The summed E-state index contributed by atoms with van der Waals surface area (Å²) in [6.07, 6.45) is 11.3. The first-order valence-corrected chi connectivity index (χ1v) is 28.3. The van der Waals surface area contributed by atoms with Gasteiger partial charge in [-0.2, -0.15) is 0 Å². The van der Waals surface area contributed by atoms with E-state index in [0.717, 1.165) is 166 Å². The van der Waals surface area contributed by atoms with Crippen LogP contribution in [-0.4, -0.2) is 0 Å². The van der Waals surface area contributed by atoms with Gasteiger partial charge in [0, 0.05) is 0 Å². The summed E-state index contributed by atoms with van der Waals surface area (Å²) in [6.45, 7) is 63.8. The van der Waals surface area contributed by atoms with Crippen molar-refractivity contribution in [3.05, 3.63) is 0 Å². The lowest BCUT2D eigenvalue weighted by Crippen LogP contribution is -2.51. The van der Waals surface area contributed by atoms with Gasteiger partial charge in [0.1, 0.15) is 0 Å². The molecule has 61 heavy (non-hydrogen) atoms. The van der Waals surface area contributed by atoms with Gasteiger partial charge in [0.25, 0.3) is 0 Å². The van der Waals surface area contributed by atoms with Crippen molar-refractivity contribution in [2.75, 3.05) is 0 Å². The van der Waals surface area contributed by atoms with Crippen molar-refractivity contribution in [3.63, 3.8) is 0 Å². The Kier molecular flexibility index (Phi) is 19.1. The van der Waals surface area contributed by atoms with Gasteiger partial charge in [-0.15, -0.1) is 0 Å². The fourth-order valence-electron chi connectivity index (χ4n) is 18.9. The smallest absolute Gasteiger partial charge is 0.0300 e. The lowest BCUT2D eigenvalue weighted by molar-refractivity contribution is -0.0879. The Bertz CT molecular complexity index is 1240. The van der Waals surface area contributed by atoms with Crippen molar-refractivity contribution in [1.82, 2.24) is 0 Å². The molecule has 0 aromatic heterocycles. The van der Waals surface area contributed by atoms with Crippen LogP contribution in [0.15, 0.2) is 0 Å². The van der Waals surface area contributed by atoms with Gasteiger partial charge in [-0.05, 0) is 203 Å². The molecule has 0 saturated heterocycles. The van der Waals surface area contributed by atoms with Gasteiger partial charge in [0.2, 0.25) is 0 Å². The Labute approximate surface area is 387 Å². The second-order valence-corrected chi connectivity index (χ2v) is 26.9. The molecule has 0 aromatic rings. The summed E-state index contributed by atoms with van der Waals surface area (Å²) in [5, 5.41) is 0. The first-order chi connectivity index (χ1) is 28.3. The molecule has 0 aromatic carbocycles. The highest BCUT2D eigenvalue weighted by molar-refractivity contribution is 5.02. The van der Waals surface area contributed by atoms with Crippen LogP contribution in [0, 0.1) is 171 Å². The minimum Gasteiger partial charge on any atom is -0.0651 e. The van der Waals surface area contributed by atoms with E-state index in [9.17, 15) is 0 Å². The third kappa shape index (κ3) is 10.6. The summed E-state index contributed by atoms with van der Waals surface area (Å²) >= 11 is 0. The van der Waals surface area contributed by atoms with E-state index in [1.54, 1.807) is 0 Å². The predicted molar refractivity (Wildman–Crippen MR) is 273 cm³/mol. The molecule has 0 nitrogen and oxygen atoms in total. The molecule has 0 bridgehead atoms.